The Bertz CT molecular complexity index is 1090. The van der Waals surface area contributed by atoms with Gasteiger partial charge in [-0.25, -0.2) is 4.98 Å². The van der Waals surface area contributed by atoms with Crippen molar-refractivity contribution in [3.8, 4) is 0 Å². The van der Waals surface area contributed by atoms with Gasteiger partial charge in [-0.3, -0.25) is 4.79 Å². The Balaban J connectivity index is 1.49. The Labute approximate surface area is 171 Å². The highest BCUT2D eigenvalue weighted by molar-refractivity contribution is 5.94. The first-order valence-electron chi connectivity index (χ1n) is 10.1. The Hall–Kier alpha value is -3.40. The van der Waals surface area contributed by atoms with Crippen LogP contribution in [0.1, 0.15) is 41.1 Å². The minimum atomic E-state index is -0.0308. The lowest BCUT2D eigenvalue weighted by Crippen LogP contribution is -2.25. The maximum absolute atomic E-state index is 12.2. The lowest BCUT2D eigenvalue weighted by atomic mass is 10.1. The summed E-state index contributed by atoms with van der Waals surface area (Å²) in [4.78, 5) is 17.1. The van der Waals surface area contributed by atoms with Crippen LogP contribution in [0.2, 0.25) is 0 Å². The number of hydrogen-bond donors (Lipinski definition) is 1. The van der Waals surface area contributed by atoms with Gasteiger partial charge in [0.1, 0.15) is 5.82 Å². The zero-order valence-electron chi connectivity index (χ0n) is 16.6. The molecule has 1 heterocycles. The molecule has 29 heavy (non-hydrogen) atoms. The molecule has 1 aromatic heterocycles. The van der Waals surface area contributed by atoms with Crippen LogP contribution in [0.4, 0.5) is 0 Å². The van der Waals surface area contributed by atoms with Crippen LogP contribution in [0, 0.1) is 0 Å². The number of imidazole rings is 1. The van der Waals surface area contributed by atoms with Crippen molar-refractivity contribution in [2.75, 3.05) is 6.54 Å². The zero-order valence-corrected chi connectivity index (χ0v) is 16.6. The van der Waals surface area contributed by atoms with Crippen LogP contribution < -0.4 is 5.32 Å². The van der Waals surface area contributed by atoms with E-state index in [0.29, 0.717) is 12.1 Å². The van der Waals surface area contributed by atoms with Crippen LogP contribution in [-0.2, 0) is 6.42 Å². The third kappa shape index (κ3) is 4.21. The number of hydrogen-bond acceptors (Lipinski definition) is 2. The SMILES string of the molecule is CC(c1ccccc1)n1c(CCCNC(=O)c2ccccc2)nc2ccccc21. The maximum atomic E-state index is 12.2. The Morgan fingerprint density at radius 3 is 2.34 bits per heavy atom. The van der Waals surface area contributed by atoms with Gasteiger partial charge in [-0.1, -0.05) is 60.7 Å². The van der Waals surface area contributed by atoms with Gasteiger partial charge in [0.2, 0.25) is 0 Å². The van der Waals surface area contributed by atoms with Crippen molar-refractivity contribution in [1.29, 1.82) is 0 Å². The molecule has 0 bridgehead atoms. The van der Waals surface area contributed by atoms with E-state index in [4.69, 9.17) is 4.98 Å². The monoisotopic (exact) mass is 383 g/mol. The van der Waals surface area contributed by atoms with Crippen LogP contribution >= 0.6 is 0 Å². The molecule has 3 aromatic carbocycles. The summed E-state index contributed by atoms with van der Waals surface area (Å²) in [6.07, 6.45) is 1.64. The highest BCUT2D eigenvalue weighted by Crippen LogP contribution is 2.26. The number of nitrogens with zero attached hydrogens (tertiary/aromatic N) is 2. The molecule has 1 amide bonds. The third-order valence-corrected chi connectivity index (χ3v) is 5.24. The summed E-state index contributed by atoms with van der Waals surface area (Å²) in [6.45, 7) is 2.83. The number of amides is 1. The van der Waals surface area contributed by atoms with Gasteiger partial charge in [0.15, 0.2) is 0 Å². The molecule has 0 saturated carbocycles. The fraction of sp³-hybridized carbons (Fsp3) is 0.200. The van der Waals surface area contributed by atoms with Gasteiger partial charge in [0.25, 0.3) is 5.91 Å². The quantitative estimate of drug-likeness (QED) is 0.456. The number of carbonyl (C=O) groups excluding carboxylic acids is 1. The Morgan fingerprint density at radius 1 is 0.931 bits per heavy atom. The predicted molar refractivity (Wildman–Crippen MR) is 117 cm³/mol. The normalized spacial score (nSPS) is 12.0. The van der Waals surface area contributed by atoms with Crippen LogP contribution in [0.3, 0.4) is 0 Å². The summed E-state index contributed by atoms with van der Waals surface area (Å²) >= 11 is 0. The van der Waals surface area contributed by atoms with Crippen molar-refractivity contribution >= 4 is 16.9 Å². The standard InChI is InChI=1S/C25H25N3O/c1-19(20-11-4-2-5-12-20)28-23-16-9-8-15-22(23)27-24(28)17-10-18-26-25(29)21-13-6-3-7-14-21/h2-9,11-16,19H,10,17-18H2,1H3,(H,26,29). The fourth-order valence-corrected chi connectivity index (χ4v) is 3.72. The zero-order chi connectivity index (χ0) is 20.1. The molecule has 0 saturated heterocycles. The molecule has 1 unspecified atom stereocenters. The Kier molecular flexibility index (Phi) is 5.71. The van der Waals surface area contributed by atoms with Crippen LogP contribution in [0.25, 0.3) is 11.0 Å². The van der Waals surface area contributed by atoms with E-state index in [2.05, 4.69) is 59.3 Å². The summed E-state index contributed by atoms with van der Waals surface area (Å²) in [5.41, 5.74) is 4.11. The molecule has 1 N–H and O–H groups in total. The molecule has 4 nitrogen and oxygen atoms in total. The molecule has 4 aromatic rings. The summed E-state index contributed by atoms with van der Waals surface area (Å²) in [7, 11) is 0. The fourth-order valence-electron chi connectivity index (χ4n) is 3.72. The number of carbonyl (C=O) groups is 1. The van der Waals surface area contributed by atoms with E-state index in [0.717, 1.165) is 29.7 Å². The van der Waals surface area contributed by atoms with E-state index in [9.17, 15) is 4.79 Å². The van der Waals surface area contributed by atoms with Crippen molar-refractivity contribution in [2.24, 2.45) is 0 Å². The van der Waals surface area contributed by atoms with Gasteiger partial charge in [-0.15, -0.1) is 0 Å². The number of benzene rings is 3. The first-order chi connectivity index (χ1) is 14.2. The van der Waals surface area contributed by atoms with E-state index in [-0.39, 0.29) is 11.9 Å². The second-order valence-corrected chi connectivity index (χ2v) is 7.20. The van der Waals surface area contributed by atoms with E-state index in [1.165, 1.54) is 5.56 Å². The van der Waals surface area contributed by atoms with Gasteiger partial charge in [0.05, 0.1) is 17.1 Å². The lowest BCUT2D eigenvalue weighted by molar-refractivity contribution is 0.0953. The van der Waals surface area contributed by atoms with E-state index in [1.807, 2.05) is 42.5 Å². The van der Waals surface area contributed by atoms with Crippen LogP contribution in [-0.4, -0.2) is 22.0 Å². The lowest BCUT2D eigenvalue weighted by Gasteiger charge is -2.18. The maximum Gasteiger partial charge on any atom is 0.251 e. The second-order valence-electron chi connectivity index (χ2n) is 7.20. The third-order valence-electron chi connectivity index (χ3n) is 5.24. The van der Waals surface area contributed by atoms with Crippen molar-refractivity contribution in [3.63, 3.8) is 0 Å². The van der Waals surface area contributed by atoms with Gasteiger partial charge in [-0.2, -0.15) is 0 Å². The number of aromatic nitrogens is 2. The first-order valence-corrected chi connectivity index (χ1v) is 10.1. The Morgan fingerprint density at radius 2 is 1.59 bits per heavy atom. The molecule has 0 spiro atoms. The van der Waals surface area contributed by atoms with E-state index in [1.54, 1.807) is 0 Å². The van der Waals surface area contributed by atoms with Gasteiger partial charge < -0.3 is 9.88 Å². The molecule has 0 aliphatic carbocycles. The van der Waals surface area contributed by atoms with Gasteiger partial charge in [0, 0.05) is 18.5 Å². The second kappa shape index (κ2) is 8.74. The summed E-state index contributed by atoms with van der Waals surface area (Å²) in [6, 6.07) is 28.3. The molecule has 0 fully saturated rings. The van der Waals surface area contributed by atoms with Gasteiger partial charge in [-0.05, 0) is 43.2 Å². The van der Waals surface area contributed by atoms with Crippen molar-refractivity contribution < 1.29 is 4.79 Å². The number of nitrogens with one attached hydrogen (secondary N) is 1. The minimum absolute atomic E-state index is 0.0308. The highest BCUT2D eigenvalue weighted by atomic mass is 16.1. The summed E-state index contributed by atoms with van der Waals surface area (Å²) in [5.74, 6) is 1.02. The van der Waals surface area contributed by atoms with E-state index < -0.39 is 0 Å². The van der Waals surface area contributed by atoms with E-state index >= 15 is 0 Å². The molecular weight excluding hydrogens is 358 g/mol. The van der Waals surface area contributed by atoms with Gasteiger partial charge >= 0.3 is 0 Å². The predicted octanol–water partition coefficient (Wildman–Crippen LogP) is 5.01. The van der Waals surface area contributed by atoms with Crippen LogP contribution in [0.5, 0.6) is 0 Å². The molecule has 0 aliphatic heterocycles. The topological polar surface area (TPSA) is 46.9 Å². The largest absolute Gasteiger partial charge is 0.352 e. The number of rotatable bonds is 7. The smallest absolute Gasteiger partial charge is 0.251 e. The number of aryl methyl sites for hydroxylation is 1. The minimum Gasteiger partial charge on any atom is -0.352 e. The average molecular weight is 383 g/mol. The molecule has 146 valence electrons. The molecule has 4 heteroatoms. The van der Waals surface area contributed by atoms with Crippen molar-refractivity contribution in [3.05, 3.63) is 102 Å². The average Bonchev–Trinajstić information content (AvgIpc) is 3.15. The first kappa shape index (κ1) is 18.9. The molecule has 0 aliphatic rings. The summed E-state index contributed by atoms with van der Waals surface area (Å²) in [5, 5.41) is 3.01. The molecule has 0 radical (unpaired) electrons. The van der Waals surface area contributed by atoms with Crippen molar-refractivity contribution in [1.82, 2.24) is 14.9 Å². The molecule has 4 rings (SSSR count). The van der Waals surface area contributed by atoms with Crippen molar-refractivity contribution in [2.45, 2.75) is 25.8 Å². The van der Waals surface area contributed by atoms with Crippen LogP contribution in [0.15, 0.2) is 84.9 Å². The highest BCUT2D eigenvalue weighted by Gasteiger charge is 2.17. The molecular formula is C25H25N3O. The summed E-state index contributed by atoms with van der Waals surface area (Å²) < 4.78 is 2.32. The number of fused-ring (bicyclic) bond motifs is 1. The number of para-hydroxylation sites is 2. The molecule has 1 atom stereocenters.